The maximum Gasteiger partial charge on any atom is 0.125 e. The Kier molecular flexibility index (Phi) is 6.17. The third-order valence-corrected chi connectivity index (χ3v) is 6.32. The van der Waals surface area contributed by atoms with Crippen LogP contribution in [0.2, 0.25) is 0 Å². The van der Waals surface area contributed by atoms with Crippen LogP contribution >= 0.6 is 11.8 Å². The first-order valence-electron chi connectivity index (χ1n) is 9.59. The first-order chi connectivity index (χ1) is 13.3. The Hall–Kier alpha value is -1.76. The summed E-state index contributed by atoms with van der Waals surface area (Å²) < 4.78 is 19.5. The van der Waals surface area contributed by atoms with Gasteiger partial charge in [-0.3, -0.25) is 4.90 Å². The van der Waals surface area contributed by atoms with Crippen molar-refractivity contribution in [3.05, 3.63) is 59.9 Å². The van der Waals surface area contributed by atoms with E-state index in [0.29, 0.717) is 12.0 Å². The molecule has 4 rings (SSSR count). The van der Waals surface area contributed by atoms with Crippen LogP contribution in [0.25, 0.3) is 0 Å². The second-order valence-corrected chi connectivity index (χ2v) is 8.11. The molecule has 0 aromatic heterocycles. The minimum atomic E-state index is -0.170. The standard InChI is InChI=1S/C21H26FN3OS/c22-17-4-3-5-18(16-17)25-11-9-24(10-12-25)13-14-26-20-7-2-1-6-19(20)21-23-8-15-27-21/h1-7,16,21,23H,8-15H2. The van der Waals surface area contributed by atoms with Crippen molar-refractivity contribution in [2.24, 2.45) is 0 Å². The van der Waals surface area contributed by atoms with Gasteiger partial charge in [0, 0.05) is 56.3 Å². The molecule has 4 nitrogen and oxygen atoms in total. The van der Waals surface area contributed by atoms with E-state index in [4.69, 9.17) is 4.74 Å². The van der Waals surface area contributed by atoms with Crippen molar-refractivity contribution in [2.45, 2.75) is 5.37 Å². The molecular formula is C21H26FN3OS. The fourth-order valence-corrected chi connectivity index (χ4v) is 4.72. The van der Waals surface area contributed by atoms with Crippen LogP contribution in [-0.4, -0.2) is 56.5 Å². The van der Waals surface area contributed by atoms with Crippen molar-refractivity contribution in [3.8, 4) is 5.75 Å². The molecule has 2 aliphatic rings. The van der Waals surface area contributed by atoms with Gasteiger partial charge in [0.05, 0.1) is 5.37 Å². The Morgan fingerprint density at radius 3 is 2.70 bits per heavy atom. The smallest absolute Gasteiger partial charge is 0.125 e. The molecule has 0 spiro atoms. The molecule has 1 N–H and O–H groups in total. The van der Waals surface area contributed by atoms with Crippen LogP contribution in [-0.2, 0) is 0 Å². The minimum Gasteiger partial charge on any atom is -0.492 e. The number of rotatable bonds is 6. The fraction of sp³-hybridized carbons (Fsp3) is 0.429. The van der Waals surface area contributed by atoms with E-state index >= 15 is 0 Å². The number of ether oxygens (including phenoxy) is 1. The monoisotopic (exact) mass is 387 g/mol. The molecule has 1 unspecified atom stereocenters. The number of piperazine rings is 1. The van der Waals surface area contributed by atoms with Crippen LogP contribution in [0.3, 0.4) is 0 Å². The summed E-state index contributed by atoms with van der Waals surface area (Å²) in [6.07, 6.45) is 0. The van der Waals surface area contributed by atoms with E-state index in [0.717, 1.165) is 56.5 Å². The van der Waals surface area contributed by atoms with Gasteiger partial charge in [-0.15, -0.1) is 11.8 Å². The van der Waals surface area contributed by atoms with Crippen molar-refractivity contribution < 1.29 is 9.13 Å². The Bertz CT molecular complexity index is 746. The highest BCUT2D eigenvalue weighted by Crippen LogP contribution is 2.35. The number of nitrogens with zero attached hydrogens (tertiary/aromatic N) is 2. The van der Waals surface area contributed by atoms with E-state index in [9.17, 15) is 4.39 Å². The summed E-state index contributed by atoms with van der Waals surface area (Å²) in [6.45, 7) is 6.44. The molecule has 0 amide bonds. The number of thioether (sulfide) groups is 1. The van der Waals surface area contributed by atoms with Crippen molar-refractivity contribution >= 4 is 17.4 Å². The van der Waals surface area contributed by atoms with Gasteiger partial charge in [-0.1, -0.05) is 24.3 Å². The van der Waals surface area contributed by atoms with Gasteiger partial charge in [-0.25, -0.2) is 4.39 Å². The lowest BCUT2D eigenvalue weighted by Gasteiger charge is -2.36. The second kappa shape index (κ2) is 8.95. The highest BCUT2D eigenvalue weighted by Gasteiger charge is 2.21. The summed E-state index contributed by atoms with van der Waals surface area (Å²) in [5.74, 6) is 1.97. The zero-order valence-corrected chi connectivity index (χ0v) is 16.3. The van der Waals surface area contributed by atoms with Gasteiger partial charge in [-0.2, -0.15) is 0 Å². The predicted octanol–water partition coefficient (Wildman–Crippen LogP) is 3.36. The van der Waals surface area contributed by atoms with Gasteiger partial charge in [-0.05, 0) is 24.3 Å². The first kappa shape index (κ1) is 18.6. The molecule has 2 heterocycles. The molecule has 144 valence electrons. The molecule has 2 aromatic carbocycles. The third-order valence-electron chi connectivity index (χ3n) is 5.13. The molecule has 27 heavy (non-hydrogen) atoms. The van der Waals surface area contributed by atoms with E-state index in [1.165, 1.54) is 11.6 Å². The number of benzene rings is 2. The molecule has 1 atom stereocenters. The topological polar surface area (TPSA) is 27.7 Å². The summed E-state index contributed by atoms with van der Waals surface area (Å²) in [7, 11) is 0. The van der Waals surface area contributed by atoms with Gasteiger partial charge >= 0.3 is 0 Å². The van der Waals surface area contributed by atoms with Crippen LogP contribution < -0.4 is 15.0 Å². The Morgan fingerprint density at radius 1 is 1.07 bits per heavy atom. The van der Waals surface area contributed by atoms with E-state index in [1.54, 1.807) is 12.1 Å². The largest absolute Gasteiger partial charge is 0.492 e. The summed E-state index contributed by atoms with van der Waals surface area (Å²) >= 11 is 1.94. The van der Waals surface area contributed by atoms with Crippen LogP contribution in [0.4, 0.5) is 10.1 Å². The lowest BCUT2D eigenvalue weighted by atomic mass is 10.2. The minimum absolute atomic E-state index is 0.170. The average Bonchev–Trinajstić information content (AvgIpc) is 3.24. The molecule has 0 radical (unpaired) electrons. The third kappa shape index (κ3) is 4.75. The quantitative estimate of drug-likeness (QED) is 0.821. The number of hydrogen-bond acceptors (Lipinski definition) is 5. The molecule has 2 aliphatic heterocycles. The van der Waals surface area contributed by atoms with Crippen molar-refractivity contribution in [1.82, 2.24) is 10.2 Å². The Labute approximate surface area is 164 Å². The van der Waals surface area contributed by atoms with Crippen LogP contribution in [0.15, 0.2) is 48.5 Å². The number of halogens is 1. The van der Waals surface area contributed by atoms with Crippen molar-refractivity contribution in [3.63, 3.8) is 0 Å². The molecule has 0 bridgehead atoms. The zero-order chi connectivity index (χ0) is 18.5. The second-order valence-electron chi connectivity index (χ2n) is 6.90. The average molecular weight is 388 g/mol. The first-order valence-corrected chi connectivity index (χ1v) is 10.6. The molecular weight excluding hydrogens is 361 g/mol. The molecule has 2 aromatic rings. The highest BCUT2D eigenvalue weighted by molar-refractivity contribution is 7.99. The summed E-state index contributed by atoms with van der Waals surface area (Å²) in [5.41, 5.74) is 2.22. The van der Waals surface area contributed by atoms with E-state index < -0.39 is 0 Å². The maximum atomic E-state index is 13.4. The van der Waals surface area contributed by atoms with Gasteiger partial charge in [0.2, 0.25) is 0 Å². The molecule has 2 saturated heterocycles. The zero-order valence-electron chi connectivity index (χ0n) is 15.4. The SMILES string of the molecule is Fc1cccc(N2CCN(CCOc3ccccc3C3NCCS3)CC2)c1. The Morgan fingerprint density at radius 2 is 1.93 bits per heavy atom. The maximum absolute atomic E-state index is 13.4. The Balaban J connectivity index is 1.25. The van der Waals surface area contributed by atoms with Crippen molar-refractivity contribution in [1.29, 1.82) is 0 Å². The van der Waals surface area contributed by atoms with Gasteiger partial charge in [0.25, 0.3) is 0 Å². The van der Waals surface area contributed by atoms with Crippen LogP contribution in [0.5, 0.6) is 5.75 Å². The highest BCUT2D eigenvalue weighted by atomic mass is 32.2. The number of para-hydroxylation sites is 1. The summed E-state index contributed by atoms with van der Waals surface area (Å²) in [4.78, 5) is 4.67. The molecule has 6 heteroatoms. The van der Waals surface area contributed by atoms with E-state index in [1.807, 2.05) is 23.9 Å². The number of hydrogen-bond donors (Lipinski definition) is 1. The fourth-order valence-electron chi connectivity index (χ4n) is 3.64. The summed E-state index contributed by atoms with van der Waals surface area (Å²) in [5, 5.41) is 3.86. The molecule has 0 aliphatic carbocycles. The van der Waals surface area contributed by atoms with Crippen LogP contribution in [0, 0.1) is 5.82 Å². The lowest BCUT2D eigenvalue weighted by Crippen LogP contribution is -2.47. The molecule has 2 fully saturated rings. The summed E-state index contributed by atoms with van der Waals surface area (Å²) in [6, 6.07) is 15.2. The van der Waals surface area contributed by atoms with E-state index in [2.05, 4.69) is 33.3 Å². The van der Waals surface area contributed by atoms with Gasteiger partial charge in [0.1, 0.15) is 18.2 Å². The molecule has 0 saturated carbocycles. The van der Waals surface area contributed by atoms with Crippen LogP contribution in [0.1, 0.15) is 10.9 Å². The number of nitrogens with one attached hydrogen (secondary N) is 1. The number of anilines is 1. The van der Waals surface area contributed by atoms with Gasteiger partial charge < -0.3 is 15.0 Å². The predicted molar refractivity (Wildman–Crippen MR) is 110 cm³/mol. The lowest BCUT2D eigenvalue weighted by molar-refractivity contribution is 0.199. The van der Waals surface area contributed by atoms with Gasteiger partial charge in [0.15, 0.2) is 0 Å². The van der Waals surface area contributed by atoms with Crippen molar-refractivity contribution in [2.75, 3.05) is 56.5 Å². The normalized spacial score (nSPS) is 20.8. The van der Waals surface area contributed by atoms with E-state index in [-0.39, 0.29) is 5.82 Å².